The molecule has 0 radical (unpaired) electrons. The Bertz CT molecular complexity index is 438. The first-order valence-electron chi connectivity index (χ1n) is 6.66. The molecule has 1 rings (SSSR count). The van der Waals surface area contributed by atoms with Gasteiger partial charge in [-0.1, -0.05) is 0 Å². The Labute approximate surface area is 127 Å². The highest BCUT2D eigenvalue weighted by atomic mass is 16.6. The van der Waals surface area contributed by atoms with E-state index in [9.17, 15) is 19.2 Å². The predicted molar refractivity (Wildman–Crippen MR) is 70.2 cm³/mol. The molecule has 1 heterocycles. The van der Waals surface area contributed by atoms with Crippen molar-refractivity contribution in [3.8, 4) is 0 Å². The molecular weight excluding hydrogens is 298 g/mol. The summed E-state index contributed by atoms with van der Waals surface area (Å²) in [6.07, 6.45) is -2.85. The molecule has 9 heteroatoms. The molecular formula is C13H19NO8. The van der Waals surface area contributed by atoms with E-state index >= 15 is 0 Å². The molecule has 0 aromatic rings. The molecule has 124 valence electrons. The second-order valence-corrected chi connectivity index (χ2v) is 4.71. The van der Waals surface area contributed by atoms with Crippen LogP contribution >= 0.6 is 0 Å². The zero-order chi connectivity index (χ0) is 16.7. The first-order chi connectivity index (χ1) is 10.3. The van der Waals surface area contributed by atoms with Crippen molar-refractivity contribution < 1.29 is 38.1 Å². The van der Waals surface area contributed by atoms with E-state index in [1.54, 1.807) is 0 Å². The van der Waals surface area contributed by atoms with E-state index < -0.39 is 42.4 Å². The fourth-order valence-electron chi connectivity index (χ4n) is 2.12. The van der Waals surface area contributed by atoms with Gasteiger partial charge in [0.15, 0.2) is 6.10 Å². The molecule has 0 spiro atoms. The van der Waals surface area contributed by atoms with Crippen LogP contribution in [0.25, 0.3) is 0 Å². The van der Waals surface area contributed by atoms with Crippen molar-refractivity contribution in [2.45, 2.75) is 51.7 Å². The number of nitrogens with one attached hydrogen (secondary N) is 1. The van der Waals surface area contributed by atoms with Crippen LogP contribution in [-0.4, -0.2) is 55.5 Å². The maximum atomic E-state index is 11.2. The summed E-state index contributed by atoms with van der Waals surface area (Å²) in [7, 11) is 0. The summed E-state index contributed by atoms with van der Waals surface area (Å²) in [6, 6.07) is 0. The van der Waals surface area contributed by atoms with Gasteiger partial charge < -0.3 is 24.3 Å². The van der Waals surface area contributed by atoms with Crippen molar-refractivity contribution in [2.24, 2.45) is 0 Å². The van der Waals surface area contributed by atoms with Crippen LogP contribution in [0.5, 0.6) is 0 Å². The third kappa shape index (κ3) is 5.68. The summed E-state index contributed by atoms with van der Waals surface area (Å²) < 4.78 is 20.6. The first kappa shape index (κ1) is 17.9. The minimum Gasteiger partial charge on any atom is -0.463 e. The third-order valence-corrected chi connectivity index (χ3v) is 2.84. The molecule has 1 fully saturated rings. The Morgan fingerprint density at radius 2 is 1.77 bits per heavy atom. The predicted octanol–water partition coefficient (Wildman–Crippen LogP) is -0.726. The van der Waals surface area contributed by atoms with Crippen molar-refractivity contribution in [3.05, 3.63) is 0 Å². The van der Waals surface area contributed by atoms with Crippen molar-refractivity contribution >= 4 is 24.3 Å². The summed E-state index contributed by atoms with van der Waals surface area (Å²) in [5, 5.41) is 2.40. The van der Waals surface area contributed by atoms with Crippen LogP contribution in [0, 0.1) is 0 Å². The van der Waals surface area contributed by atoms with Gasteiger partial charge in [-0.2, -0.15) is 0 Å². The van der Waals surface area contributed by atoms with Gasteiger partial charge >= 0.3 is 17.9 Å². The lowest BCUT2D eigenvalue weighted by atomic mass is 10.0. The second kappa shape index (κ2) is 8.32. The molecule has 0 saturated carbocycles. The molecule has 1 aliphatic rings. The Morgan fingerprint density at radius 1 is 1.14 bits per heavy atom. The zero-order valence-electron chi connectivity index (χ0n) is 12.6. The Morgan fingerprint density at radius 3 is 2.27 bits per heavy atom. The Hall–Kier alpha value is -2.16. The van der Waals surface area contributed by atoms with Crippen LogP contribution < -0.4 is 5.32 Å². The molecule has 0 bridgehead atoms. The van der Waals surface area contributed by atoms with E-state index in [1.165, 1.54) is 20.8 Å². The highest BCUT2D eigenvalue weighted by Crippen LogP contribution is 2.25. The van der Waals surface area contributed by atoms with Gasteiger partial charge in [-0.05, 0) is 0 Å². The summed E-state index contributed by atoms with van der Waals surface area (Å²) >= 11 is 0. The number of esters is 3. The minimum absolute atomic E-state index is 0.104. The fourth-order valence-corrected chi connectivity index (χ4v) is 2.12. The van der Waals surface area contributed by atoms with Gasteiger partial charge in [0.05, 0.1) is 0 Å². The van der Waals surface area contributed by atoms with Crippen LogP contribution in [-0.2, 0) is 38.1 Å². The van der Waals surface area contributed by atoms with Crippen LogP contribution in [0.2, 0.25) is 0 Å². The maximum Gasteiger partial charge on any atom is 0.303 e. The number of hydrogen-bond donors (Lipinski definition) is 1. The van der Waals surface area contributed by atoms with Crippen molar-refractivity contribution in [1.82, 2.24) is 5.32 Å². The van der Waals surface area contributed by atoms with Crippen LogP contribution in [0.15, 0.2) is 0 Å². The lowest BCUT2D eigenvalue weighted by molar-refractivity contribution is -0.218. The lowest BCUT2D eigenvalue weighted by Gasteiger charge is -2.39. The molecule has 1 saturated heterocycles. The monoisotopic (exact) mass is 317 g/mol. The van der Waals surface area contributed by atoms with E-state index in [0.717, 1.165) is 0 Å². The number of ether oxygens (including phenoxy) is 4. The van der Waals surface area contributed by atoms with E-state index in [0.29, 0.717) is 6.41 Å². The van der Waals surface area contributed by atoms with Gasteiger partial charge in [0.1, 0.15) is 25.0 Å². The Kier molecular flexibility index (Phi) is 6.77. The van der Waals surface area contributed by atoms with Crippen LogP contribution in [0.1, 0.15) is 27.2 Å². The lowest BCUT2D eigenvalue weighted by Crippen LogP contribution is -2.56. The molecule has 0 unspecified atom stereocenters. The second-order valence-electron chi connectivity index (χ2n) is 4.71. The topological polar surface area (TPSA) is 117 Å². The summed E-state index contributed by atoms with van der Waals surface area (Å²) in [5.41, 5.74) is 0. The fraction of sp³-hybridized carbons (Fsp3) is 0.692. The molecule has 0 aromatic carbocycles. The molecule has 1 aliphatic heterocycles. The molecule has 1 N–H and O–H groups in total. The van der Waals surface area contributed by atoms with Gasteiger partial charge in [-0.15, -0.1) is 0 Å². The standard InChI is InChI=1S/C13H19NO8/c1-7(16)19-5-11-13(21-9(3)18)10(20-8(2)17)4-12(22-11)14-6-15/h6,10-13H,4-5H2,1-3H3,(H,14,15)/t10-,11-,12-,13+/m1/s1. The van der Waals surface area contributed by atoms with Crippen molar-refractivity contribution in [2.75, 3.05) is 6.61 Å². The van der Waals surface area contributed by atoms with E-state index in [4.69, 9.17) is 18.9 Å². The van der Waals surface area contributed by atoms with E-state index in [2.05, 4.69) is 5.32 Å². The molecule has 9 nitrogen and oxygen atoms in total. The molecule has 0 aromatic heterocycles. The molecule has 0 aliphatic carbocycles. The first-order valence-corrected chi connectivity index (χ1v) is 6.66. The number of carbonyl (C=O) groups is 4. The largest absolute Gasteiger partial charge is 0.463 e. The number of amides is 1. The highest BCUT2D eigenvalue weighted by Gasteiger charge is 2.43. The zero-order valence-corrected chi connectivity index (χ0v) is 12.6. The van der Waals surface area contributed by atoms with E-state index in [-0.39, 0.29) is 13.0 Å². The summed E-state index contributed by atoms with van der Waals surface area (Å²) in [4.78, 5) is 43.9. The number of rotatable bonds is 6. The quantitative estimate of drug-likeness (QED) is 0.387. The maximum absolute atomic E-state index is 11.2. The van der Waals surface area contributed by atoms with Gasteiger partial charge in [-0.25, -0.2) is 0 Å². The van der Waals surface area contributed by atoms with Gasteiger partial charge in [0.2, 0.25) is 6.41 Å². The number of hydrogen-bond acceptors (Lipinski definition) is 8. The van der Waals surface area contributed by atoms with Gasteiger partial charge in [0.25, 0.3) is 0 Å². The van der Waals surface area contributed by atoms with Crippen molar-refractivity contribution in [3.63, 3.8) is 0 Å². The number of carbonyl (C=O) groups excluding carboxylic acids is 4. The average molecular weight is 317 g/mol. The molecule has 4 atom stereocenters. The van der Waals surface area contributed by atoms with Gasteiger partial charge in [-0.3, -0.25) is 19.2 Å². The normalized spacial score (nSPS) is 27.4. The highest BCUT2D eigenvalue weighted by molar-refractivity contribution is 5.67. The summed E-state index contributed by atoms with van der Waals surface area (Å²) in [6.45, 7) is 3.42. The van der Waals surface area contributed by atoms with Crippen LogP contribution in [0.3, 0.4) is 0 Å². The molecule has 22 heavy (non-hydrogen) atoms. The van der Waals surface area contributed by atoms with Gasteiger partial charge in [0, 0.05) is 27.2 Å². The minimum atomic E-state index is -0.939. The summed E-state index contributed by atoms with van der Waals surface area (Å²) in [5.74, 6) is -1.71. The van der Waals surface area contributed by atoms with E-state index in [1.807, 2.05) is 0 Å². The third-order valence-electron chi connectivity index (χ3n) is 2.84. The average Bonchev–Trinajstić information content (AvgIpc) is 2.38. The smallest absolute Gasteiger partial charge is 0.303 e. The van der Waals surface area contributed by atoms with Crippen LogP contribution in [0.4, 0.5) is 0 Å². The Balaban J connectivity index is 2.91. The van der Waals surface area contributed by atoms with Crippen molar-refractivity contribution in [1.29, 1.82) is 0 Å². The SMILES string of the molecule is CC(=O)OC[C@H]1O[C@@H](NC=O)C[C@@H](OC(C)=O)[C@@H]1OC(C)=O. The molecule has 1 amide bonds.